The van der Waals surface area contributed by atoms with Crippen LogP contribution in [0.25, 0.3) is 0 Å². The quantitative estimate of drug-likeness (QED) is 0.817. The smallest absolute Gasteiger partial charge is 0.0736 e. The Morgan fingerprint density at radius 3 is 2.65 bits per heavy atom. The Morgan fingerprint density at radius 1 is 1.35 bits per heavy atom. The van der Waals surface area contributed by atoms with Crippen LogP contribution in [0.5, 0.6) is 0 Å². The van der Waals surface area contributed by atoms with Gasteiger partial charge in [0.15, 0.2) is 0 Å². The van der Waals surface area contributed by atoms with Crippen molar-refractivity contribution in [2.75, 3.05) is 18.1 Å². The van der Waals surface area contributed by atoms with E-state index in [2.05, 4.69) is 13.8 Å². The summed E-state index contributed by atoms with van der Waals surface area (Å²) in [4.78, 5) is 0. The molecule has 2 rings (SSSR count). The average Bonchev–Trinajstić information content (AvgIpc) is 2.79. The maximum Gasteiger partial charge on any atom is 0.0736 e. The third-order valence-electron chi connectivity index (χ3n) is 5.10. The summed E-state index contributed by atoms with van der Waals surface area (Å²) >= 11 is 1.89. The van der Waals surface area contributed by atoms with Gasteiger partial charge < -0.3 is 10.2 Å². The standard InChI is InChI=1S/C14H26O2S/c1-11(2)12-4-3-5-14(16,8-12)13(9-15)6-7-17-10-13/h11-12,15-16H,3-10H2,1-2H3. The minimum Gasteiger partial charge on any atom is -0.396 e. The molecule has 100 valence electrons. The van der Waals surface area contributed by atoms with E-state index in [0.29, 0.717) is 11.8 Å². The lowest BCUT2D eigenvalue weighted by Crippen LogP contribution is -2.54. The summed E-state index contributed by atoms with van der Waals surface area (Å²) < 4.78 is 0. The summed E-state index contributed by atoms with van der Waals surface area (Å²) in [6.45, 7) is 4.66. The van der Waals surface area contributed by atoms with Crippen molar-refractivity contribution in [1.82, 2.24) is 0 Å². The molecule has 3 unspecified atom stereocenters. The van der Waals surface area contributed by atoms with Crippen LogP contribution in [0.3, 0.4) is 0 Å². The number of hydrogen-bond acceptors (Lipinski definition) is 3. The number of rotatable bonds is 3. The molecule has 0 aromatic carbocycles. The number of aliphatic hydroxyl groups excluding tert-OH is 1. The molecule has 3 atom stereocenters. The van der Waals surface area contributed by atoms with Crippen molar-refractivity contribution in [3.8, 4) is 0 Å². The van der Waals surface area contributed by atoms with Crippen molar-refractivity contribution >= 4 is 11.8 Å². The third-order valence-corrected chi connectivity index (χ3v) is 6.35. The second-order valence-electron chi connectivity index (χ2n) is 6.37. The Balaban J connectivity index is 2.16. The van der Waals surface area contributed by atoms with Gasteiger partial charge in [-0.05, 0) is 43.3 Å². The van der Waals surface area contributed by atoms with E-state index in [9.17, 15) is 10.2 Å². The lowest BCUT2D eigenvalue weighted by Gasteiger charge is -2.49. The molecule has 1 aliphatic carbocycles. The van der Waals surface area contributed by atoms with Gasteiger partial charge >= 0.3 is 0 Å². The van der Waals surface area contributed by atoms with Gasteiger partial charge in [-0.25, -0.2) is 0 Å². The fraction of sp³-hybridized carbons (Fsp3) is 1.00. The highest BCUT2D eigenvalue weighted by Gasteiger charge is 2.53. The van der Waals surface area contributed by atoms with Crippen molar-refractivity contribution in [3.05, 3.63) is 0 Å². The van der Waals surface area contributed by atoms with Gasteiger partial charge in [-0.2, -0.15) is 11.8 Å². The van der Waals surface area contributed by atoms with Crippen LogP contribution in [-0.4, -0.2) is 33.9 Å². The second kappa shape index (κ2) is 5.10. The summed E-state index contributed by atoms with van der Waals surface area (Å²) in [6.07, 6.45) is 5.12. The molecule has 1 saturated heterocycles. The highest BCUT2D eigenvalue weighted by molar-refractivity contribution is 7.99. The van der Waals surface area contributed by atoms with E-state index in [4.69, 9.17) is 0 Å². The second-order valence-corrected chi connectivity index (χ2v) is 7.48. The van der Waals surface area contributed by atoms with Gasteiger partial charge in [0, 0.05) is 11.2 Å². The van der Waals surface area contributed by atoms with Crippen LogP contribution in [0.2, 0.25) is 0 Å². The number of thioether (sulfide) groups is 1. The molecule has 17 heavy (non-hydrogen) atoms. The van der Waals surface area contributed by atoms with Gasteiger partial charge in [0.05, 0.1) is 12.2 Å². The van der Waals surface area contributed by atoms with E-state index in [-0.39, 0.29) is 12.0 Å². The minimum atomic E-state index is -0.613. The van der Waals surface area contributed by atoms with Crippen LogP contribution in [0, 0.1) is 17.3 Å². The zero-order valence-electron chi connectivity index (χ0n) is 11.1. The van der Waals surface area contributed by atoms with Gasteiger partial charge in [0.2, 0.25) is 0 Å². The maximum atomic E-state index is 11.1. The Labute approximate surface area is 109 Å². The minimum absolute atomic E-state index is 0.154. The number of aliphatic hydroxyl groups is 2. The van der Waals surface area contributed by atoms with E-state index >= 15 is 0 Å². The lowest BCUT2D eigenvalue weighted by molar-refractivity contribution is -0.132. The van der Waals surface area contributed by atoms with E-state index in [1.54, 1.807) is 0 Å². The Morgan fingerprint density at radius 2 is 2.12 bits per heavy atom. The van der Waals surface area contributed by atoms with E-state index in [0.717, 1.165) is 37.2 Å². The van der Waals surface area contributed by atoms with Gasteiger partial charge in [0.1, 0.15) is 0 Å². The summed E-state index contributed by atoms with van der Waals surface area (Å²) in [5.41, 5.74) is -0.830. The molecular formula is C14H26O2S. The zero-order chi connectivity index (χ0) is 12.5. The molecule has 2 N–H and O–H groups in total. The van der Waals surface area contributed by atoms with Crippen LogP contribution in [0.1, 0.15) is 46.0 Å². The first kappa shape index (κ1) is 13.7. The summed E-state index contributed by atoms with van der Waals surface area (Å²) in [5.74, 6) is 3.30. The van der Waals surface area contributed by atoms with Crippen molar-refractivity contribution in [1.29, 1.82) is 0 Å². The van der Waals surface area contributed by atoms with Gasteiger partial charge in [-0.1, -0.05) is 20.3 Å². The molecule has 2 aliphatic rings. The molecule has 0 amide bonds. The Kier molecular flexibility index (Phi) is 4.11. The van der Waals surface area contributed by atoms with Crippen LogP contribution in [0.15, 0.2) is 0 Å². The molecule has 0 bridgehead atoms. The third kappa shape index (κ3) is 2.39. The Hall–Kier alpha value is 0.270. The fourth-order valence-corrected chi connectivity index (χ4v) is 5.17. The average molecular weight is 258 g/mol. The molecule has 3 heteroatoms. The molecule has 0 aromatic rings. The Bertz CT molecular complexity index is 261. The number of hydrogen-bond donors (Lipinski definition) is 2. The fourth-order valence-electron chi connectivity index (χ4n) is 3.59. The molecule has 2 nitrogen and oxygen atoms in total. The molecule has 1 saturated carbocycles. The van der Waals surface area contributed by atoms with E-state index < -0.39 is 5.60 Å². The largest absolute Gasteiger partial charge is 0.396 e. The van der Waals surface area contributed by atoms with Crippen molar-refractivity contribution in [2.45, 2.75) is 51.6 Å². The van der Waals surface area contributed by atoms with Crippen molar-refractivity contribution in [2.24, 2.45) is 17.3 Å². The summed E-state index contributed by atoms with van der Waals surface area (Å²) in [5, 5.41) is 20.9. The maximum absolute atomic E-state index is 11.1. The van der Waals surface area contributed by atoms with Crippen LogP contribution < -0.4 is 0 Å². The summed E-state index contributed by atoms with van der Waals surface area (Å²) in [7, 11) is 0. The molecule has 1 aliphatic heterocycles. The van der Waals surface area contributed by atoms with Crippen LogP contribution in [0.4, 0.5) is 0 Å². The predicted octanol–water partition coefficient (Wildman–Crippen LogP) is 2.68. The molecule has 0 radical (unpaired) electrons. The first-order chi connectivity index (χ1) is 8.03. The molecule has 0 spiro atoms. The first-order valence-corrected chi connectivity index (χ1v) is 8.09. The predicted molar refractivity (Wildman–Crippen MR) is 73.2 cm³/mol. The molecule has 2 fully saturated rings. The molecule has 1 heterocycles. The van der Waals surface area contributed by atoms with Gasteiger partial charge in [-0.3, -0.25) is 0 Å². The highest BCUT2D eigenvalue weighted by Crippen LogP contribution is 2.52. The van der Waals surface area contributed by atoms with E-state index in [1.165, 1.54) is 6.42 Å². The zero-order valence-corrected chi connectivity index (χ0v) is 11.9. The monoisotopic (exact) mass is 258 g/mol. The van der Waals surface area contributed by atoms with Crippen molar-refractivity contribution < 1.29 is 10.2 Å². The normalized spacial score (nSPS) is 43.2. The summed E-state index contributed by atoms with van der Waals surface area (Å²) in [6, 6.07) is 0. The van der Waals surface area contributed by atoms with Crippen LogP contribution in [-0.2, 0) is 0 Å². The highest BCUT2D eigenvalue weighted by atomic mass is 32.2. The lowest BCUT2D eigenvalue weighted by atomic mass is 9.61. The van der Waals surface area contributed by atoms with Crippen LogP contribution >= 0.6 is 11.8 Å². The topological polar surface area (TPSA) is 40.5 Å². The molecular weight excluding hydrogens is 232 g/mol. The SMILES string of the molecule is CC(C)C1CCCC(O)(C2(CO)CCSC2)C1. The van der Waals surface area contributed by atoms with Gasteiger partial charge in [0.25, 0.3) is 0 Å². The van der Waals surface area contributed by atoms with E-state index in [1.807, 2.05) is 11.8 Å². The first-order valence-electron chi connectivity index (χ1n) is 6.94. The van der Waals surface area contributed by atoms with Crippen molar-refractivity contribution in [3.63, 3.8) is 0 Å². The molecule has 0 aromatic heterocycles. The van der Waals surface area contributed by atoms with Gasteiger partial charge in [-0.15, -0.1) is 0 Å².